The molecule has 8 heteroatoms. The molecule has 0 radical (unpaired) electrons. The van der Waals surface area contributed by atoms with E-state index in [0.29, 0.717) is 22.6 Å². The van der Waals surface area contributed by atoms with E-state index >= 15 is 0 Å². The molecule has 1 atom stereocenters. The number of carbonyl (C=O) groups excluding carboxylic acids is 1. The number of carbonyl (C=O) groups is 1. The highest BCUT2D eigenvalue weighted by Crippen LogP contribution is 2.28. The van der Waals surface area contributed by atoms with E-state index in [0.717, 1.165) is 23.5 Å². The van der Waals surface area contributed by atoms with Gasteiger partial charge in [-0.1, -0.05) is 43.8 Å². The van der Waals surface area contributed by atoms with Gasteiger partial charge in [0.1, 0.15) is 11.4 Å². The van der Waals surface area contributed by atoms with Gasteiger partial charge in [-0.25, -0.2) is 0 Å². The van der Waals surface area contributed by atoms with Crippen LogP contribution in [0.4, 0.5) is 5.69 Å². The van der Waals surface area contributed by atoms with Crippen molar-refractivity contribution in [1.29, 1.82) is 0 Å². The van der Waals surface area contributed by atoms with Crippen LogP contribution in [0.5, 0.6) is 5.75 Å². The van der Waals surface area contributed by atoms with Gasteiger partial charge in [-0.3, -0.25) is 14.3 Å². The van der Waals surface area contributed by atoms with Gasteiger partial charge in [-0.15, -0.1) is 10.2 Å². The van der Waals surface area contributed by atoms with Gasteiger partial charge in [0.05, 0.1) is 18.6 Å². The number of nitrogens with zero attached hydrogens (tertiary/aromatic N) is 4. The van der Waals surface area contributed by atoms with Crippen molar-refractivity contribution in [3.05, 3.63) is 78.5 Å². The molecule has 0 aliphatic rings. The average molecular weight is 474 g/mol. The summed E-state index contributed by atoms with van der Waals surface area (Å²) in [5, 5.41) is 12.3. The molecular weight excluding hydrogens is 446 g/mol. The standard InChI is InChI=1S/C26H27N5O2S/c1-4-18(2)19-8-10-20(11-9-19)28-24(32)17-34-26-30-29-25(23-7-5-6-16-27-23)31(26)21-12-14-22(33-3)15-13-21/h5-16,18H,4,17H2,1-3H3,(H,28,32)/t18-/m1/s1. The van der Waals surface area contributed by atoms with Crippen LogP contribution >= 0.6 is 11.8 Å². The molecule has 0 aliphatic carbocycles. The molecule has 0 saturated heterocycles. The highest BCUT2D eigenvalue weighted by Gasteiger charge is 2.18. The van der Waals surface area contributed by atoms with E-state index in [1.807, 2.05) is 59.2 Å². The van der Waals surface area contributed by atoms with E-state index in [-0.39, 0.29) is 11.7 Å². The first-order chi connectivity index (χ1) is 16.6. The lowest BCUT2D eigenvalue weighted by atomic mass is 9.99. The van der Waals surface area contributed by atoms with Gasteiger partial charge >= 0.3 is 0 Å². The SMILES string of the molecule is CC[C@@H](C)c1ccc(NC(=O)CSc2nnc(-c3ccccn3)n2-c2ccc(OC)cc2)cc1. The number of pyridine rings is 1. The van der Waals surface area contributed by atoms with E-state index in [4.69, 9.17) is 4.74 Å². The molecular formula is C26H27N5O2S. The summed E-state index contributed by atoms with van der Waals surface area (Å²) in [6.45, 7) is 4.37. The third-order valence-electron chi connectivity index (χ3n) is 5.57. The molecule has 34 heavy (non-hydrogen) atoms. The van der Waals surface area contributed by atoms with Gasteiger partial charge in [-0.05, 0) is 66.4 Å². The summed E-state index contributed by atoms with van der Waals surface area (Å²) in [7, 11) is 1.63. The van der Waals surface area contributed by atoms with Crippen molar-refractivity contribution in [2.45, 2.75) is 31.3 Å². The van der Waals surface area contributed by atoms with Gasteiger partial charge < -0.3 is 10.1 Å². The van der Waals surface area contributed by atoms with Crippen molar-refractivity contribution < 1.29 is 9.53 Å². The number of hydrogen-bond donors (Lipinski definition) is 1. The number of aromatic nitrogens is 4. The quantitative estimate of drug-likeness (QED) is 0.320. The molecule has 0 saturated carbocycles. The molecule has 0 spiro atoms. The summed E-state index contributed by atoms with van der Waals surface area (Å²) in [6, 6.07) is 21.3. The lowest BCUT2D eigenvalue weighted by Gasteiger charge is -2.12. The number of rotatable bonds is 9. The molecule has 1 N–H and O–H groups in total. The normalized spacial score (nSPS) is 11.7. The Hall–Kier alpha value is -3.65. The molecule has 0 bridgehead atoms. The maximum Gasteiger partial charge on any atom is 0.234 e. The van der Waals surface area contributed by atoms with Crippen LogP contribution in [0.1, 0.15) is 31.7 Å². The Morgan fingerprint density at radius 3 is 2.47 bits per heavy atom. The Balaban J connectivity index is 1.52. The van der Waals surface area contributed by atoms with E-state index < -0.39 is 0 Å². The van der Waals surface area contributed by atoms with Crippen LogP contribution in [0.3, 0.4) is 0 Å². The highest BCUT2D eigenvalue weighted by molar-refractivity contribution is 7.99. The maximum atomic E-state index is 12.7. The topological polar surface area (TPSA) is 81.9 Å². The van der Waals surface area contributed by atoms with E-state index in [1.165, 1.54) is 17.3 Å². The first-order valence-corrected chi connectivity index (χ1v) is 12.1. The van der Waals surface area contributed by atoms with E-state index in [2.05, 4.69) is 46.5 Å². The summed E-state index contributed by atoms with van der Waals surface area (Å²) in [6.07, 6.45) is 2.80. The summed E-state index contributed by atoms with van der Waals surface area (Å²) in [4.78, 5) is 17.1. The molecule has 7 nitrogen and oxygen atoms in total. The van der Waals surface area contributed by atoms with E-state index in [1.54, 1.807) is 13.3 Å². The second-order valence-electron chi connectivity index (χ2n) is 7.82. The van der Waals surface area contributed by atoms with Crippen LogP contribution in [0.2, 0.25) is 0 Å². The smallest absolute Gasteiger partial charge is 0.234 e. The van der Waals surface area contributed by atoms with Crippen molar-refractivity contribution in [2.75, 3.05) is 18.2 Å². The van der Waals surface area contributed by atoms with Crippen LogP contribution in [0.25, 0.3) is 17.2 Å². The van der Waals surface area contributed by atoms with Gasteiger partial charge in [-0.2, -0.15) is 0 Å². The fourth-order valence-electron chi connectivity index (χ4n) is 3.45. The molecule has 0 unspecified atom stereocenters. The van der Waals surface area contributed by atoms with Crippen molar-refractivity contribution in [2.24, 2.45) is 0 Å². The van der Waals surface area contributed by atoms with Crippen molar-refractivity contribution in [1.82, 2.24) is 19.7 Å². The Morgan fingerprint density at radius 1 is 1.06 bits per heavy atom. The molecule has 1 amide bonds. The van der Waals surface area contributed by atoms with Crippen LogP contribution < -0.4 is 10.1 Å². The maximum absolute atomic E-state index is 12.7. The molecule has 2 heterocycles. The van der Waals surface area contributed by atoms with Gasteiger partial charge in [0.15, 0.2) is 11.0 Å². The zero-order chi connectivity index (χ0) is 23.9. The monoisotopic (exact) mass is 473 g/mol. The van der Waals surface area contributed by atoms with Crippen LogP contribution in [-0.4, -0.2) is 38.5 Å². The molecule has 0 fully saturated rings. The Morgan fingerprint density at radius 2 is 1.82 bits per heavy atom. The first kappa shape index (κ1) is 23.5. The Bertz CT molecular complexity index is 1220. The zero-order valence-corrected chi connectivity index (χ0v) is 20.2. The molecule has 0 aliphatic heterocycles. The van der Waals surface area contributed by atoms with Crippen molar-refractivity contribution in [3.8, 4) is 23.0 Å². The third kappa shape index (κ3) is 5.46. The summed E-state index contributed by atoms with van der Waals surface area (Å²) < 4.78 is 7.19. The molecule has 4 rings (SSSR count). The zero-order valence-electron chi connectivity index (χ0n) is 19.4. The van der Waals surface area contributed by atoms with Crippen molar-refractivity contribution >= 4 is 23.4 Å². The molecule has 4 aromatic rings. The second kappa shape index (κ2) is 11.0. The van der Waals surface area contributed by atoms with Crippen LogP contribution in [0, 0.1) is 0 Å². The van der Waals surface area contributed by atoms with Crippen LogP contribution in [-0.2, 0) is 4.79 Å². The largest absolute Gasteiger partial charge is 0.497 e. The number of ether oxygens (including phenoxy) is 1. The molecule has 2 aromatic heterocycles. The molecule has 2 aromatic carbocycles. The van der Waals surface area contributed by atoms with Gasteiger partial charge in [0, 0.05) is 11.9 Å². The number of methoxy groups -OCH3 is 1. The average Bonchev–Trinajstić information content (AvgIpc) is 3.32. The minimum atomic E-state index is -0.107. The van der Waals surface area contributed by atoms with E-state index in [9.17, 15) is 4.79 Å². The second-order valence-corrected chi connectivity index (χ2v) is 8.77. The number of benzene rings is 2. The lowest BCUT2D eigenvalue weighted by molar-refractivity contribution is -0.113. The minimum Gasteiger partial charge on any atom is -0.497 e. The van der Waals surface area contributed by atoms with Gasteiger partial charge in [0.25, 0.3) is 0 Å². The lowest BCUT2D eigenvalue weighted by Crippen LogP contribution is -2.14. The summed E-state index contributed by atoms with van der Waals surface area (Å²) in [5.41, 5.74) is 3.60. The number of nitrogens with one attached hydrogen (secondary N) is 1. The van der Waals surface area contributed by atoms with Crippen molar-refractivity contribution in [3.63, 3.8) is 0 Å². The van der Waals surface area contributed by atoms with Crippen LogP contribution in [0.15, 0.2) is 78.1 Å². The highest BCUT2D eigenvalue weighted by atomic mass is 32.2. The summed E-state index contributed by atoms with van der Waals surface area (Å²) >= 11 is 1.32. The number of amides is 1. The minimum absolute atomic E-state index is 0.107. The number of anilines is 1. The number of thioether (sulfide) groups is 1. The number of hydrogen-bond acceptors (Lipinski definition) is 6. The molecule has 174 valence electrons. The Kier molecular flexibility index (Phi) is 7.59. The van der Waals surface area contributed by atoms with Gasteiger partial charge in [0.2, 0.25) is 5.91 Å². The predicted molar refractivity (Wildman–Crippen MR) is 136 cm³/mol. The Labute approximate surface area is 203 Å². The first-order valence-electron chi connectivity index (χ1n) is 11.1. The third-order valence-corrected chi connectivity index (χ3v) is 6.50. The fraction of sp³-hybridized carbons (Fsp3) is 0.231. The fourth-order valence-corrected chi connectivity index (χ4v) is 4.20. The summed E-state index contributed by atoms with van der Waals surface area (Å²) in [5.74, 6) is 1.95. The predicted octanol–water partition coefficient (Wildman–Crippen LogP) is 5.58.